The Labute approximate surface area is 152 Å². The third-order valence-corrected chi connectivity index (χ3v) is 3.77. The van der Waals surface area contributed by atoms with Crippen molar-refractivity contribution in [1.29, 1.82) is 0 Å². The molecule has 1 atom stereocenters. The van der Waals surface area contributed by atoms with Crippen LogP contribution in [0.4, 0.5) is 24.5 Å². The fraction of sp³-hybridized carbons (Fsp3) is 0.375. The molecule has 27 heavy (non-hydrogen) atoms. The van der Waals surface area contributed by atoms with E-state index in [9.17, 15) is 28.1 Å². The van der Waals surface area contributed by atoms with Crippen molar-refractivity contribution >= 4 is 17.3 Å². The van der Waals surface area contributed by atoms with E-state index in [1.54, 1.807) is 0 Å². The number of anilines is 1. The van der Waals surface area contributed by atoms with Crippen molar-refractivity contribution in [3.63, 3.8) is 0 Å². The molecule has 8 nitrogen and oxygen atoms in total. The minimum absolute atomic E-state index is 0.0835. The van der Waals surface area contributed by atoms with Gasteiger partial charge in [-0.25, -0.2) is 0 Å². The van der Waals surface area contributed by atoms with Crippen molar-refractivity contribution in [2.45, 2.75) is 26.6 Å². The minimum atomic E-state index is -4.57. The number of nitrogens with zero attached hydrogens (tertiary/aromatic N) is 3. The summed E-state index contributed by atoms with van der Waals surface area (Å²) in [6, 6.07) is 4.66. The molecule has 1 heterocycles. The van der Waals surface area contributed by atoms with E-state index >= 15 is 0 Å². The zero-order valence-electron chi connectivity index (χ0n) is 14.7. The van der Waals surface area contributed by atoms with Gasteiger partial charge in [0.2, 0.25) is 5.91 Å². The maximum Gasteiger partial charge on any atom is 0.435 e. The monoisotopic (exact) mass is 386 g/mol. The third-order valence-electron chi connectivity index (χ3n) is 3.77. The average molecular weight is 386 g/mol. The molecule has 1 amide bonds. The summed E-state index contributed by atoms with van der Waals surface area (Å²) in [6.07, 6.45) is -4.57. The standard InChI is InChI=1S/C16H17F3N4O4/c1-9(8-22-10(2)4-14(21-22)16(17,18)19)15(24)20-11-5-12(23(25)26)7-13(6-11)27-3/h4-7,9H,8H2,1-3H3,(H,20,24). The largest absolute Gasteiger partial charge is 0.496 e. The van der Waals surface area contributed by atoms with Crippen molar-refractivity contribution in [2.24, 2.45) is 5.92 Å². The molecule has 0 aliphatic heterocycles. The molecule has 2 aromatic rings. The number of methoxy groups -OCH3 is 1. The Hall–Kier alpha value is -3.11. The van der Waals surface area contributed by atoms with Crippen molar-refractivity contribution in [1.82, 2.24) is 9.78 Å². The van der Waals surface area contributed by atoms with E-state index in [1.807, 2.05) is 0 Å². The quantitative estimate of drug-likeness (QED) is 0.606. The topological polar surface area (TPSA) is 99.3 Å². The summed E-state index contributed by atoms with van der Waals surface area (Å²) in [5.41, 5.74) is -0.892. The number of aryl methyl sites for hydroxylation is 1. The van der Waals surface area contributed by atoms with Crippen LogP contribution in [0.1, 0.15) is 18.3 Å². The highest BCUT2D eigenvalue weighted by molar-refractivity contribution is 5.92. The molecule has 0 saturated heterocycles. The molecule has 0 saturated carbocycles. The first-order chi connectivity index (χ1) is 12.5. The van der Waals surface area contributed by atoms with Crippen LogP contribution in [0.15, 0.2) is 24.3 Å². The lowest BCUT2D eigenvalue weighted by Crippen LogP contribution is -2.25. The van der Waals surface area contributed by atoms with E-state index in [-0.39, 0.29) is 29.4 Å². The first kappa shape index (κ1) is 20.2. The smallest absolute Gasteiger partial charge is 0.435 e. The van der Waals surface area contributed by atoms with Crippen LogP contribution >= 0.6 is 0 Å². The number of aromatic nitrogens is 2. The number of nitro benzene ring substituents is 1. The van der Waals surface area contributed by atoms with Crippen molar-refractivity contribution in [3.8, 4) is 5.75 Å². The van der Waals surface area contributed by atoms with Crippen LogP contribution in [0.5, 0.6) is 5.75 Å². The van der Waals surface area contributed by atoms with E-state index in [4.69, 9.17) is 4.74 Å². The molecule has 0 bridgehead atoms. The first-order valence-electron chi connectivity index (χ1n) is 7.77. The van der Waals surface area contributed by atoms with Crippen molar-refractivity contribution in [2.75, 3.05) is 12.4 Å². The molecule has 11 heteroatoms. The van der Waals surface area contributed by atoms with Gasteiger partial charge in [0, 0.05) is 17.8 Å². The second kappa shape index (κ2) is 7.64. The lowest BCUT2D eigenvalue weighted by Gasteiger charge is -2.14. The molecule has 0 spiro atoms. The Morgan fingerprint density at radius 3 is 2.56 bits per heavy atom. The molecule has 0 radical (unpaired) electrons. The number of hydrogen-bond donors (Lipinski definition) is 1. The number of benzene rings is 1. The molecule has 1 aromatic carbocycles. The van der Waals surface area contributed by atoms with Crippen LogP contribution in [-0.4, -0.2) is 27.7 Å². The van der Waals surface area contributed by atoms with Gasteiger partial charge in [0.05, 0.1) is 36.2 Å². The molecule has 0 fully saturated rings. The summed E-state index contributed by atoms with van der Waals surface area (Å²) in [5.74, 6) is -1.08. The van der Waals surface area contributed by atoms with Crippen LogP contribution in [0.2, 0.25) is 0 Å². The Morgan fingerprint density at radius 2 is 2.04 bits per heavy atom. The number of alkyl halides is 3. The van der Waals surface area contributed by atoms with Gasteiger partial charge in [-0.2, -0.15) is 18.3 Å². The van der Waals surface area contributed by atoms with Crippen LogP contribution in [0.25, 0.3) is 0 Å². The van der Waals surface area contributed by atoms with Gasteiger partial charge in [0.15, 0.2) is 5.69 Å². The van der Waals surface area contributed by atoms with E-state index < -0.39 is 28.6 Å². The predicted octanol–water partition coefficient (Wildman–Crippen LogP) is 3.40. The van der Waals surface area contributed by atoms with Gasteiger partial charge in [-0.3, -0.25) is 19.6 Å². The lowest BCUT2D eigenvalue weighted by molar-refractivity contribution is -0.384. The Morgan fingerprint density at radius 1 is 1.37 bits per heavy atom. The number of hydrogen-bond acceptors (Lipinski definition) is 5. The predicted molar refractivity (Wildman–Crippen MR) is 89.4 cm³/mol. The first-order valence-corrected chi connectivity index (χ1v) is 7.77. The summed E-state index contributed by atoms with van der Waals surface area (Å²) < 4.78 is 44.2. The Kier molecular flexibility index (Phi) is 5.72. The van der Waals surface area contributed by atoms with E-state index in [1.165, 1.54) is 33.1 Å². The van der Waals surface area contributed by atoms with E-state index in [2.05, 4.69) is 10.4 Å². The number of ether oxygens (including phenoxy) is 1. The van der Waals surface area contributed by atoms with E-state index in [0.717, 1.165) is 16.8 Å². The number of nitro groups is 1. The molecule has 1 N–H and O–H groups in total. The minimum Gasteiger partial charge on any atom is -0.496 e. The number of nitrogens with one attached hydrogen (secondary N) is 1. The molecule has 0 aliphatic carbocycles. The maximum absolute atomic E-state index is 12.7. The molecule has 1 unspecified atom stereocenters. The van der Waals surface area contributed by atoms with Crippen LogP contribution in [-0.2, 0) is 17.5 Å². The Balaban J connectivity index is 2.14. The van der Waals surface area contributed by atoms with Crippen molar-refractivity contribution < 1.29 is 27.6 Å². The highest BCUT2D eigenvalue weighted by Gasteiger charge is 2.34. The van der Waals surface area contributed by atoms with Gasteiger partial charge in [0.1, 0.15) is 5.75 Å². The van der Waals surface area contributed by atoms with Gasteiger partial charge in [-0.1, -0.05) is 6.92 Å². The summed E-state index contributed by atoms with van der Waals surface area (Å²) in [7, 11) is 1.33. The van der Waals surface area contributed by atoms with Gasteiger partial charge in [-0.05, 0) is 13.0 Å². The third kappa shape index (κ3) is 4.96. The molecule has 146 valence electrons. The zero-order valence-corrected chi connectivity index (χ0v) is 14.7. The molecular formula is C16H17F3N4O4. The van der Waals surface area contributed by atoms with E-state index in [0.29, 0.717) is 0 Å². The van der Waals surface area contributed by atoms with Gasteiger partial charge >= 0.3 is 6.18 Å². The normalized spacial score (nSPS) is 12.5. The summed E-state index contributed by atoms with van der Waals surface area (Å²) in [6.45, 7) is 2.89. The van der Waals surface area contributed by atoms with Gasteiger partial charge < -0.3 is 10.1 Å². The molecule has 1 aromatic heterocycles. The number of carbonyl (C=O) groups is 1. The molecule has 0 aliphatic rings. The van der Waals surface area contributed by atoms with Gasteiger partial charge in [0.25, 0.3) is 5.69 Å². The summed E-state index contributed by atoms with van der Waals surface area (Å²) in [4.78, 5) is 22.6. The van der Waals surface area contributed by atoms with Crippen molar-refractivity contribution in [3.05, 3.63) is 45.8 Å². The average Bonchev–Trinajstić information content (AvgIpc) is 2.95. The fourth-order valence-electron chi connectivity index (χ4n) is 2.32. The SMILES string of the molecule is COc1cc(NC(=O)C(C)Cn2nc(C(F)(F)F)cc2C)cc([N+](=O)[O-])c1. The number of carbonyl (C=O) groups excluding carboxylic acids is 1. The van der Waals surface area contributed by atoms with Crippen LogP contribution < -0.4 is 10.1 Å². The number of halogens is 3. The van der Waals surface area contributed by atoms with Crippen LogP contribution in [0.3, 0.4) is 0 Å². The second-order valence-electron chi connectivity index (χ2n) is 5.92. The van der Waals surface area contributed by atoms with Gasteiger partial charge in [-0.15, -0.1) is 0 Å². The lowest BCUT2D eigenvalue weighted by atomic mass is 10.1. The number of non-ortho nitro benzene ring substituents is 1. The molecular weight excluding hydrogens is 369 g/mol. The summed E-state index contributed by atoms with van der Waals surface area (Å²) >= 11 is 0. The fourth-order valence-corrected chi connectivity index (χ4v) is 2.32. The highest BCUT2D eigenvalue weighted by Crippen LogP contribution is 2.29. The highest BCUT2D eigenvalue weighted by atomic mass is 19.4. The maximum atomic E-state index is 12.7. The number of amides is 1. The Bertz CT molecular complexity index is 864. The summed E-state index contributed by atoms with van der Waals surface area (Å²) in [5, 5.41) is 16.9. The number of rotatable bonds is 6. The second-order valence-corrected chi connectivity index (χ2v) is 5.92. The molecule has 2 rings (SSSR count). The van der Waals surface area contributed by atoms with Crippen LogP contribution in [0, 0.1) is 23.0 Å². The zero-order chi connectivity index (χ0) is 20.4.